The average molecular weight is 948 g/mol. The van der Waals surface area contributed by atoms with Gasteiger partial charge in [-0.1, -0.05) is 178 Å². The first-order valence-electron chi connectivity index (χ1n) is 27.4. The summed E-state index contributed by atoms with van der Waals surface area (Å²) < 4.78 is 16.6. The van der Waals surface area contributed by atoms with E-state index in [2.05, 4.69) is 55.6 Å². The average Bonchev–Trinajstić information content (AvgIpc) is 3.32. The van der Waals surface area contributed by atoms with Gasteiger partial charge in [-0.3, -0.25) is 9.59 Å². The van der Waals surface area contributed by atoms with Crippen molar-refractivity contribution in [3.05, 3.63) is 48.6 Å². The van der Waals surface area contributed by atoms with Crippen LogP contribution in [0.5, 0.6) is 0 Å². The fraction of sp³-hybridized carbons (Fsp3) is 0.821. The number of hydrogen-bond donors (Lipinski definition) is 6. The van der Waals surface area contributed by atoms with Gasteiger partial charge in [-0.25, -0.2) is 0 Å². The first-order chi connectivity index (χ1) is 32.7. The Morgan fingerprint density at radius 3 is 1.52 bits per heavy atom. The van der Waals surface area contributed by atoms with E-state index in [0.717, 1.165) is 89.9 Å². The van der Waals surface area contributed by atoms with Gasteiger partial charge in [0.05, 0.1) is 32.0 Å². The summed E-state index contributed by atoms with van der Waals surface area (Å²) in [6.07, 6.45) is 46.3. The van der Waals surface area contributed by atoms with Crippen molar-refractivity contribution in [2.75, 3.05) is 19.8 Å². The largest absolute Gasteiger partial charge is 0.466 e. The van der Waals surface area contributed by atoms with Crippen LogP contribution in [-0.2, 0) is 23.8 Å². The molecule has 0 aromatic heterocycles. The van der Waals surface area contributed by atoms with Crippen molar-refractivity contribution in [2.24, 2.45) is 0 Å². The summed E-state index contributed by atoms with van der Waals surface area (Å²) in [5.74, 6) is -0.235. The zero-order valence-corrected chi connectivity index (χ0v) is 42.6. The van der Waals surface area contributed by atoms with Crippen LogP contribution in [0, 0.1) is 0 Å². The Hall–Kier alpha value is -2.38. The molecule has 1 aliphatic heterocycles. The molecule has 1 heterocycles. The number of carbonyl (C=O) groups excluding carboxylic acids is 2. The molecule has 6 N–H and O–H groups in total. The lowest BCUT2D eigenvalue weighted by atomic mass is 9.99. The quantitative estimate of drug-likeness (QED) is 0.0196. The third-order valence-corrected chi connectivity index (χ3v) is 12.6. The molecular formula is C56H101NO10. The van der Waals surface area contributed by atoms with Crippen LogP contribution in [0.4, 0.5) is 0 Å². The molecule has 11 heteroatoms. The van der Waals surface area contributed by atoms with Crippen molar-refractivity contribution >= 4 is 11.9 Å². The number of aliphatic hydroxyl groups excluding tert-OH is 5. The molecule has 1 rings (SSSR count). The first-order valence-corrected chi connectivity index (χ1v) is 27.4. The van der Waals surface area contributed by atoms with Crippen LogP contribution < -0.4 is 5.32 Å². The normalized spacial score (nSPS) is 19.9. The molecule has 7 atom stereocenters. The van der Waals surface area contributed by atoms with Crippen molar-refractivity contribution in [3.63, 3.8) is 0 Å². The van der Waals surface area contributed by atoms with Crippen LogP contribution in [0.2, 0.25) is 0 Å². The number of nitrogens with one attached hydrogen (secondary N) is 1. The maximum atomic E-state index is 13.0. The SMILES string of the molecule is CCCC/C=C\CCCCCCCC(=O)OCCCCCCCCCCC/C=C\CCCCCCCC(=O)NC(COC1OC(CO)C(O)C(O)C1O)C(O)/C=C/CC/C=C/CCCCCC. The topological polar surface area (TPSA) is 175 Å². The summed E-state index contributed by atoms with van der Waals surface area (Å²) in [7, 11) is 0. The van der Waals surface area contributed by atoms with Crippen LogP contribution in [0.1, 0.15) is 232 Å². The molecular weight excluding hydrogens is 847 g/mol. The van der Waals surface area contributed by atoms with Gasteiger partial charge < -0.3 is 45.1 Å². The van der Waals surface area contributed by atoms with E-state index in [-0.39, 0.29) is 18.5 Å². The number of hydrogen-bond acceptors (Lipinski definition) is 10. The van der Waals surface area contributed by atoms with Gasteiger partial charge in [0.2, 0.25) is 5.91 Å². The molecule has 0 saturated carbocycles. The van der Waals surface area contributed by atoms with Crippen LogP contribution in [0.3, 0.4) is 0 Å². The standard InChI is InChI=1S/C56H101NO10/c1-3-5-7-9-11-13-23-28-32-36-40-44-52(61)65-45-41-37-33-29-25-22-20-18-16-15-17-19-21-24-27-31-35-39-43-51(60)57-48(47-66-56-55(64)54(63)53(62)50(46-58)67-56)49(59)42-38-34-30-26-14-12-10-8-6-4-2/h9,11,14,17,19,26,38,42,48-50,53-56,58-59,62-64H,3-8,10,12-13,15-16,18,20-25,27-37,39-41,43-47H2,1-2H3,(H,57,60)/b11-9-,19-17-,26-14+,42-38+. The fourth-order valence-electron chi connectivity index (χ4n) is 8.19. The lowest BCUT2D eigenvalue weighted by Crippen LogP contribution is -2.60. The number of rotatable bonds is 46. The molecule has 7 unspecified atom stereocenters. The van der Waals surface area contributed by atoms with Crippen LogP contribution in [0.25, 0.3) is 0 Å². The molecule has 11 nitrogen and oxygen atoms in total. The van der Waals surface area contributed by atoms with Crippen molar-refractivity contribution < 1.29 is 49.3 Å². The van der Waals surface area contributed by atoms with E-state index in [9.17, 15) is 35.1 Å². The predicted molar refractivity (Wildman–Crippen MR) is 274 cm³/mol. The second-order valence-corrected chi connectivity index (χ2v) is 18.9. The molecule has 1 amide bonds. The third-order valence-electron chi connectivity index (χ3n) is 12.6. The number of esters is 1. The minimum absolute atomic E-state index is 0.0256. The molecule has 0 aromatic carbocycles. The number of carbonyl (C=O) groups is 2. The summed E-state index contributed by atoms with van der Waals surface area (Å²) >= 11 is 0. The van der Waals surface area contributed by atoms with E-state index >= 15 is 0 Å². The van der Waals surface area contributed by atoms with E-state index < -0.39 is 49.5 Å². The van der Waals surface area contributed by atoms with Crippen molar-refractivity contribution in [3.8, 4) is 0 Å². The Kier molecular flexibility index (Phi) is 43.0. The van der Waals surface area contributed by atoms with E-state index in [4.69, 9.17) is 14.2 Å². The minimum Gasteiger partial charge on any atom is -0.466 e. The lowest BCUT2D eigenvalue weighted by Gasteiger charge is -2.40. The Morgan fingerprint density at radius 1 is 0.537 bits per heavy atom. The number of amides is 1. The first kappa shape index (κ1) is 62.6. The summed E-state index contributed by atoms with van der Waals surface area (Å²) in [5, 5.41) is 54.1. The van der Waals surface area contributed by atoms with Gasteiger partial charge in [0.1, 0.15) is 24.4 Å². The third kappa shape index (κ3) is 36.3. The molecule has 1 fully saturated rings. The zero-order chi connectivity index (χ0) is 48.8. The van der Waals surface area contributed by atoms with Crippen molar-refractivity contribution in [1.29, 1.82) is 0 Å². The van der Waals surface area contributed by atoms with Gasteiger partial charge in [-0.15, -0.1) is 0 Å². The highest BCUT2D eigenvalue weighted by atomic mass is 16.7. The minimum atomic E-state index is -1.58. The Balaban J connectivity index is 2.12. The lowest BCUT2D eigenvalue weighted by molar-refractivity contribution is -0.302. The van der Waals surface area contributed by atoms with E-state index in [1.54, 1.807) is 6.08 Å². The molecule has 67 heavy (non-hydrogen) atoms. The highest BCUT2D eigenvalue weighted by molar-refractivity contribution is 5.76. The smallest absolute Gasteiger partial charge is 0.305 e. The van der Waals surface area contributed by atoms with Gasteiger partial charge in [0.25, 0.3) is 0 Å². The second-order valence-electron chi connectivity index (χ2n) is 18.9. The molecule has 1 aliphatic rings. The highest BCUT2D eigenvalue weighted by Gasteiger charge is 2.44. The van der Waals surface area contributed by atoms with E-state index in [0.29, 0.717) is 19.4 Å². The fourth-order valence-corrected chi connectivity index (χ4v) is 8.19. The number of allylic oxidation sites excluding steroid dienone is 7. The molecule has 0 radical (unpaired) electrons. The number of unbranched alkanes of at least 4 members (excludes halogenated alkanes) is 26. The zero-order valence-electron chi connectivity index (χ0n) is 42.6. The summed E-state index contributed by atoms with van der Waals surface area (Å²) in [6, 6.07) is -0.837. The monoisotopic (exact) mass is 948 g/mol. The molecule has 0 spiro atoms. The Labute approximate surface area is 408 Å². The maximum absolute atomic E-state index is 13.0. The summed E-state index contributed by atoms with van der Waals surface area (Å²) in [4.78, 5) is 25.0. The summed E-state index contributed by atoms with van der Waals surface area (Å²) in [5.41, 5.74) is 0. The van der Waals surface area contributed by atoms with Gasteiger partial charge in [0.15, 0.2) is 6.29 Å². The number of ether oxygens (including phenoxy) is 3. The van der Waals surface area contributed by atoms with Crippen LogP contribution in [-0.4, -0.2) is 100 Å². The maximum Gasteiger partial charge on any atom is 0.305 e. The van der Waals surface area contributed by atoms with Crippen molar-refractivity contribution in [2.45, 2.75) is 275 Å². The Morgan fingerprint density at radius 2 is 0.985 bits per heavy atom. The van der Waals surface area contributed by atoms with Crippen LogP contribution >= 0.6 is 0 Å². The van der Waals surface area contributed by atoms with Gasteiger partial charge in [0, 0.05) is 12.8 Å². The molecule has 390 valence electrons. The van der Waals surface area contributed by atoms with Gasteiger partial charge >= 0.3 is 5.97 Å². The molecule has 0 bridgehead atoms. The van der Waals surface area contributed by atoms with E-state index in [1.807, 2.05) is 6.08 Å². The van der Waals surface area contributed by atoms with Crippen LogP contribution in [0.15, 0.2) is 48.6 Å². The molecule has 1 saturated heterocycles. The highest BCUT2D eigenvalue weighted by Crippen LogP contribution is 2.23. The number of aliphatic hydroxyl groups is 5. The predicted octanol–water partition coefficient (Wildman–Crippen LogP) is 11.7. The summed E-state index contributed by atoms with van der Waals surface area (Å²) in [6.45, 7) is 4.21. The Bertz CT molecular complexity index is 1250. The van der Waals surface area contributed by atoms with Gasteiger partial charge in [-0.05, 0) is 89.9 Å². The molecule has 0 aromatic rings. The second kappa shape index (κ2) is 46.0. The van der Waals surface area contributed by atoms with E-state index in [1.165, 1.54) is 116 Å². The van der Waals surface area contributed by atoms with Crippen molar-refractivity contribution in [1.82, 2.24) is 5.32 Å². The van der Waals surface area contributed by atoms with Gasteiger partial charge in [-0.2, -0.15) is 0 Å². The molecule has 0 aliphatic carbocycles.